The van der Waals surface area contributed by atoms with Gasteiger partial charge < -0.3 is 5.32 Å². The number of hydrogen-bond donors (Lipinski definition) is 1. The predicted molar refractivity (Wildman–Crippen MR) is 71.9 cm³/mol. The van der Waals surface area contributed by atoms with Crippen LogP contribution in [0.15, 0.2) is 22.7 Å². The smallest absolute Gasteiger partial charge is 0.129 e. The predicted octanol–water partition coefficient (Wildman–Crippen LogP) is 2.89. The van der Waals surface area contributed by atoms with Crippen LogP contribution in [0.1, 0.15) is 18.0 Å². The fourth-order valence-electron chi connectivity index (χ4n) is 2.40. The normalized spacial score (nSPS) is 18.8. The Morgan fingerprint density at radius 1 is 1.33 bits per heavy atom. The maximum atomic E-state index is 14.0. The number of benzene rings is 1. The van der Waals surface area contributed by atoms with Crippen molar-refractivity contribution in [3.8, 4) is 0 Å². The highest BCUT2D eigenvalue weighted by Gasteiger charge is 2.24. The highest BCUT2D eigenvalue weighted by molar-refractivity contribution is 9.10. The average Bonchev–Trinajstić information content (AvgIpc) is 2.38. The molecule has 5 heteroatoms. The maximum Gasteiger partial charge on any atom is 0.129 e. The van der Waals surface area contributed by atoms with Crippen molar-refractivity contribution in [1.29, 1.82) is 0 Å². The van der Waals surface area contributed by atoms with E-state index < -0.39 is 6.67 Å². The Bertz CT molecular complexity index is 395. The zero-order chi connectivity index (χ0) is 13.0. The molecule has 2 rings (SSSR count). The molecule has 1 N–H and O–H groups in total. The molecule has 1 atom stereocenters. The van der Waals surface area contributed by atoms with Gasteiger partial charge in [-0.3, -0.25) is 9.29 Å². The van der Waals surface area contributed by atoms with Gasteiger partial charge in [-0.05, 0) is 18.6 Å². The highest BCUT2D eigenvalue weighted by atomic mass is 79.9. The molecule has 0 spiro atoms. The Hall–Kier alpha value is -0.520. The first-order valence-electron chi connectivity index (χ1n) is 6.18. The lowest BCUT2D eigenvalue weighted by Crippen LogP contribution is -2.45. The third-order valence-electron chi connectivity index (χ3n) is 3.30. The average molecular weight is 319 g/mol. The van der Waals surface area contributed by atoms with E-state index in [-0.39, 0.29) is 11.9 Å². The Morgan fingerprint density at radius 2 is 2.06 bits per heavy atom. The number of nitrogens with zero attached hydrogens (tertiary/aromatic N) is 1. The van der Waals surface area contributed by atoms with Crippen molar-refractivity contribution in [2.45, 2.75) is 12.5 Å². The molecule has 1 fully saturated rings. The molecule has 1 aliphatic heterocycles. The molecule has 1 aliphatic rings. The molecule has 100 valence electrons. The molecule has 0 aliphatic carbocycles. The summed E-state index contributed by atoms with van der Waals surface area (Å²) in [5.41, 5.74) is 0.595. The van der Waals surface area contributed by atoms with Gasteiger partial charge in [0.05, 0.1) is 6.67 Å². The largest absolute Gasteiger partial charge is 0.314 e. The molecular formula is C13H17BrF2N2. The van der Waals surface area contributed by atoms with Crippen LogP contribution < -0.4 is 5.32 Å². The number of hydrogen-bond acceptors (Lipinski definition) is 2. The van der Waals surface area contributed by atoms with Crippen molar-refractivity contribution >= 4 is 15.9 Å². The molecule has 18 heavy (non-hydrogen) atoms. The molecular weight excluding hydrogens is 302 g/mol. The zero-order valence-electron chi connectivity index (χ0n) is 10.1. The molecule has 1 aromatic rings. The summed E-state index contributed by atoms with van der Waals surface area (Å²) in [4.78, 5) is 2.16. The summed E-state index contributed by atoms with van der Waals surface area (Å²) in [5, 5.41) is 3.25. The van der Waals surface area contributed by atoms with Gasteiger partial charge >= 0.3 is 0 Å². The first-order chi connectivity index (χ1) is 8.72. The Kier molecular flexibility index (Phi) is 5.09. The van der Waals surface area contributed by atoms with E-state index >= 15 is 0 Å². The molecule has 0 aromatic heterocycles. The van der Waals surface area contributed by atoms with Crippen LogP contribution in [0.3, 0.4) is 0 Å². The van der Waals surface area contributed by atoms with Crippen LogP contribution in [0.25, 0.3) is 0 Å². The third-order valence-corrected chi connectivity index (χ3v) is 3.79. The van der Waals surface area contributed by atoms with Crippen molar-refractivity contribution in [1.82, 2.24) is 10.2 Å². The van der Waals surface area contributed by atoms with Crippen molar-refractivity contribution < 1.29 is 8.78 Å². The summed E-state index contributed by atoms with van der Waals surface area (Å²) < 4.78 is 27.4. The Balaban J connectivity index is 2.22. The van der Waals surface area contributed by atoms with E-state index in [4.69, 9.17) is 0 Å². The standard InChI is InChI=1S/C13H17BrF2N2/c14-10-1-2-11(12(16)9-10)13(3-4-15)18-7-5-17-6-8-18/h1-2,9,13,17H,3-8H2/t13-/m1/s1. The fraction of sp³-hybridized carbons (Fsp3) is 0.538. The van der Waals surface area contributed by atoms with E-state index in [0.29, 0.717) is 16.5 Å². The Morgan fingerprint density at radius 3 is 2.67 bits per heavy atom. The molecule has 1 aromatic carbocycles. The third kappa shape index (κ3) is 3.28. The zero-order valence-corrected chi connectivity index (χ0v) is 11.7. The summed E-state index contributed by atoms with van der Waals surface area (Å²) in [6.07, 6.45) is 0.346. The first kappa shape index (κ1) is 13.9. The second kappa shape index (κ2) is 6.59. The van der Waals surface area contributed by atoms with Crippen LogP contribution in [-0.4, -0.2) is 37.8 Å². The van der Waals surface area contributed by atoms with Gasteiger partial charge in [0, 0.05) is 42.3 Å². The molecule has 0 amide bonds. The van der Waals surface area contributed by atoms with Crippen LogP contribution in [0.4, 0.5) is 8.78 Å². The minimum atomic E-state index is -0.426. The minimum absolute atomic E-state index is 0.162. The first-order valence-corrected chi connectivity index (χ1v) is 6.97. The number of rotatable bonds is 4. The van der Waals surface area contributed by atoms with E-state index in [1.165, 1.54) is 6.07 Å². The molecule has 0 radical (unpaired) electrons. The summed E-state index contributed by atoms with van der Waals surface area (Å²) in [6, 6.07) is 4.85. The molecule has 0 unspecified atom stereocenters. The fourth-order valence-corrected chi connectivity index (χ4v) is 2.74. The topological polar surface area (TPSA) is 15.3 Å². The van der Waals surface area contributed by atoms with Gasteiger partial charge in [0.25, 0.3) is 0 Å². The SMILES string of the molecule is FCC[C@H](c1ccc(Br)cc1F)N1CCNCC1. The Labute approximate surface area is 114 Å². The number of halogens is 3. The van der Waals surface area contributed by atoms with Crippen molar-refractivity contribution in [3.63, 3.8) is 0 Å². The lowest BCUT2D eigenvalue weighted by atomic mass is 10.0. The van der Waals surface area contributed by atoms with Gasteiger partial charge in [0.2, 0.25) is 0 Å². The van der Waals surface area contributed by atoms with E-state index in [9.17, 15) is 8.78 Å². The van der Waals surface area contributed by atoms with Crippen LogP contribution in [0, 0.1) is 5.82 Å². The van der Waals surface area contributed by atoms with Gasteiger partial charge in [-0.25, -0.2) is 4.39 Å². The van der Waals surface area contributed by atoms with E-state index in [0.717, 1.165) is 26.2 Å². The van der Waals surface area contributed by atoms with Gasteiger partial charge in [0.1, 0.15) is 5.82 Å². The number of nitrogens with one attached hydrogen (secondary N) is 1. The van der Waals surface area contributed by atoms with Gasteiger partial charge in [-0.1, -0.05) is 22.0 Å². The van der Waals surface area contributed by atoms with Crippen molar-refractivity contribution in [2.24, 2.45) is 0 Å². The highest BCUT2D eigenvalue weighted by Crippen LogP contribution is 2.28. The molecule has 1 heterocycles. The number of piperazine rings is 1. The van der Waals surface area contributed by atoms with Crippen LogP contribution in [-0.2, 0) is 0 Å². The van der Waals surface area contributed by atoms with Crippen LogP contribution >= 0.6 is 15.9 Å². The summed E-state index contributed by atoms with van der Waals surface area (Å²) >= 11 is 3.24. The maximum absolute atomic E-state index is 14.0. The second-order valence-corrected chi connectivity index (χ2v) is 5.36. The van der Waals surface area contributed by atoms with E-state index in [1.807, 2.05) is 6.07 Å². The van der Waals surface area contributed by atoms with E-state index in [2.05, 4.69) is 26.1 Å². The van der Waals surface area contributed by atoms with Crippen LogP contribution in [0.2, 0.25) is 0 Å². The van der Waals surface area contributed by atoms with Crippen molar-refractivity contribution in [2.75, 3.05) is 32.9 Å². The summed E-state index contributed by atoms with van der Waals surface area (Å²) in [6.45, 7) is 2.99. The van der Waals surface area contributed by atoms with Gasteiger partial charge in [-0.15, -0.1) is 0 Å². The lowest BCUT2D eigenvalue weighted by Gasteiger charge is -2.35. The molecule has 0 bridgehead atoms. The monoisotopic (exact) mass is 318 g/mol. The second-order valence-electron chi connectivity index (χ2n) is 4.45. The van der Waals surface area contributed by atoms with Gasteiger partial charge in [0.15, 0.2) is 0 Å². The quantitative estimate of drug-likeness (QED) is 0.918. The molecule has 0 saturated carbocycles. The van der Waals surface area contributed by atoms with Crippen molar-refractivity contribution in [3.05, 3.63) is 34.1 Å². The lowest BCUT2D eigenvalue weighted by molar-refractivity contribution is 0.154. The molecule has 2 nitrogen and oxygen atoms in total. The van der Waals surface area contributed by atoms with Crippen LogP contribution in [0.5, 0.6) is 0 Å². The van der Waals surface area contributed by atoms with Gasteiger partial charge in [-0.2, -0.15) is 0 Å². The number of alkyl halides is 1. The summed E-state index contributed by atoms with van der Waals surface area (Å²) in [5.74, 6) is -0.263. The van der Waals surface area contributed by atoms with E-state index in [1.54, 1.807) is 6.07 Å². The minimum Gasteiger partial charge on any atom is -0.314 e. The molecule has 1 saturated heterocycles. The summed E-state index contributed by atoms with van der Waals surface area (Å²) in [7, 11) is 0.